The number of hydrogen-bond donors (Lipinski definition) is 2. The monoisotopic (exact) mass is 323 g/mol. The molecule has 3 rings (SSSR count). The molecule has 9 heteroatoms. The molecule has 1 aliphatic rings. The van der Waals surface area contributed by atoms with E-state index < -0.39 is 7.12 Å². The topological polar surface area (TPSA) is 88.1 Å². The minimum atomic E-state index is -1.00. The third-order valence-corrected chi connectivity index (χ3v) is 4.07. The number of nitrogens with zero attached hydrogens (tertiary/aromatic N) is 2. The van der Waals surface area contributed by atoms with Crippen LogP contribution < -0.4 is 5.46 Å². The van der Waals surface area contributed by atoms with Crippen LogP contribution in [0.5, 0.6) is 0 Å². The summed E-state index contributed by atoms with van der Waals surface area (Å²) in [6.45, 7) is 0.296. The van der Waals surface area contributed by atoms with Crippen molar-refractivity contribution < 1.29 is 14.5 Å². The van der Waals surface area contributed by atoms with Gasteiger partial charge in [0.2, 0.25) is 5.16 Å². The summed E-state index contributed by atoms with van der Waals surface area (Å²) in [5.74, 6) is 0.295. The van der Waals surface area contributed by atoms with E-state index >= 15 is 0 Å². The molecular weight excluding hydrogens is 312 g/mol. The van der Waals surface area contributed by atoms with Gasteiger partial charge in [-0.25, -0.2) is 4.98 Å². The van der Waals surface area contributed by atoms with Crippen molar-refractivity contribution in [2.45, 2.75) is 18.2 Å². The maximum Gasteiger partial charge on any atom is 0.491 e. The average molecular weight is 324 g/mol. The van der Waals surface area contributed by atoms with Crippen molar-refractivity contribution in [1.29, 1.82) is 0 Å². The second-order valence-corrected chi connectivity index (χ2v) is 5.74. The molecule has 0 unspecified atom stereocenters. The van der Waals surface area contributed by atoms with Crippen LogP contribution in [-0.4, -0.2) is 39.4 Å². The molecule has 0 atom stereocenters. The lowest BCUT2D eigenvalue weighted by molar-refractivity contribution is 0.0991. The Bertz CT molecular complexity index is 709. The minimum Gasteiger partial charge on any atom is -0.423 e. The molecular formula is C12H11BClN3O3S. The molecule has 0 saturated heterocycles. The Morgan fingerprint density at radius 1 is 1.62 bits per heavy atom. The third-order valence-electron chi connectivity index (χ3n) is 3.21. The van der Waals surface area contributed by atoms with Gasteiger partial charge >= 0.3 is 7.12 Å². The van der Waals surface area contributed by atoms with Gasteiger partial charge in [-0.3, -0.25) is 9.89 Å². The minimum absolute atomic E-state index is 0.0724. The Hall–Kier alpha value is -1.35. The number of H-pyrrole nitrogens is 1. The van der Waals surface area contributed by atoms with E-state index in [0.717, 1.165) is 5.56 Å². The van der Waals surface area contributed by atoms with Crippen molar-refractivity contribution in [2.24, 2.45) is 0 Å². The maximum absolute atomic E-state index is 12.3. The van der Waals surface area contributed by atoms with Crippen LogP contribution in [0, 0.1) is 0 Å². The SMILES string of the molecule is CSc1n[nH]c(CC(=O)c2cc3c(cc2Cl)COB3O)n1. The van der Waals surface area contributed by atoms with E-state index in [2.05, 4.69) is 15.2 Å². The summed E-state index contributed by atoms with van der Waals surface area (Å²) in [5, 5.41) is 17.3. The van der Waals surface area contributed by atoms with E-state index in [1.165, 1.54) is 11.8 Å². The number of thioether (sulfide) groups is 1. The predicted octanol–water partition coefficient (Wildman–Crippen LogP) is 0.823. The van der Waals surface area contributed by atoms with E-state index in [4.69, 9.17) is 16.3 Å². The lowest BCUT2D eigenvalue weighted by atomic mass is 9.78. The summed E-state index contributed by atoms with van der Waals surface area (Å²) >= 11 is 7.53. The van der Waals surface area contributed by atoms with Crippen LogP contribution in [0.1, 0.15) is 21.7 Å². The number of carbonyl (C=O) groups excluding carboxylic acids is 1. The normalized spacial score (nSPS) is 13.6. The summed E-state index contributed by atoms with van der Waals surface area (Å²) in [7, 11) is -1.00. The number of carbonyl (C=O) groups is 1. The average Bonchev–Trinajstić information content (AvgIpc) is 3.05. The van der Waals surface area contributed by atoms with Crippen LogP contribution in [0.2, 0.25) is 5.02 Å². The lowest BCUT2D eigenvalue weighted by Gasteiger charge is -2.06. The number of aromatic amines is 1. The Morgan fingerprint density at radius 3 is 3.14 bits per heavy atom. The van der Waals surface area contributed by atoms with Crippen LogP contribution in [0.25, 0.3) is 0 Å². The molecule has 0 amide bonds. The van der Waals surface area contributed by atoms with Crippen molar-refractivity contribution in [1.82, 2.24) is 15.2 Å². The molecule has 0 spiro atoms. The van der Waals surface area contributed by atoms with Crippen LogP contribution in [0.4, 0.5) is 0 Å². The van der Waals surface area contributed by atoms with Crippen LogP contribution in [0.3, 0.4) is 0 Å². The molecule has 2 heterocycles. The highest BCUT2D eigenvalue weighted by Gasteiger charge is 2.29. The summed E-state index contributed by atoms with van der Waals surface area (Å²) in [6, 6.07) is 3.25. The quantitative estimate of drug-likeness (QED) is 0.492. The van der Waals surface area contributed by atoms with Gasteiger partial charge in [-0.1, -0.05) is 23.4 Å². The predicted molar refractivity (Wildman–Crippen MR) is 80.0 cm³/mol. The van der Waals surface area contributed by atoms with E-state index in [-0.39, 0.29) is 12.2 Å². The fourth-order valence-electron chi connectivity index (χ4n) is 2.15. The first-order valence-electron chi connectivity index (χ1n) is 6.19. The largest absolute Gasteiger partial charge is 0.491 e. The van der Waals surface area contributed by atoms with E-state index in [1.54, 1.807) is 12.1 Å². The van der Waals surface area contributed by atoms with Crippen molar-refractivity contribution in [3.05, 3.63) is 34.1 Å². The van der Waals surface area contributed by atoms with Gasteiger partial charge in [-0.05, 0) is 29.4 Å². The molecule has 1 aromatic carbocycles. The maximum atomic E-state index is 12.3. The number of rotatable bonds is 4. The van der Waals surface area contributed by atoms with Gasteiger partial charge in [0.15, 0.2) is 5.78 Å². The molecule has 0 bridgehead atoms. The van der Waals surface area contributed by atoms with Gasteiger partial charge in [0.25, 0.3) is 0 Å². The molecule has 0 radical (unpaired) electrons. The zero-order valence-electron chi connectivity index (χ0n) is 11.1. The van der Waals surface area contributed by atoms with Crippen molar-refractivity contribution >= 4 is 41.7 Å². The highest BCUT2D eigenvalue weighted by molar-refractivity contribution is 7.98. The van der Waals surface area contributed by atoms with Crippen LogP contribution >= 0.6 is 23.4 Å². The second kappa shape index (κ2) is 5.80. The Balaban J connectivity index is 1.86. The van der Waals surface area contributed by atoms with Crippen LogP contribution in [-0.2, 0) is 17.7 Å². The zero-order valence-corrected chi connectivity index (χ0v) is 12.7. The van der Waals surface area contributed by atoms with Gasteiger partial charge in [-0.15, -0.1) is 5.10 Å². The highest BCUT2D eigenvalue weighted by atomic mass is 35.5. The number of nitrogens with one attached hydrogen (secondary N) is 1. The van der Waals surface area contributed by atoms with Gasteiger partial charge in [0.05, 0.1) is 18.1 Å². The molecule has 6 nitrogen and oxygen atoms in total. The molecule has 0 aliphatic carbocycles. The number of benzene rings is 1. The standard InChI is InChI=1S/C12H11BClN3O3S/c1-21-12-15-11(16-17-12)4-10(18)7-3-8-6(2-9(7)14)5-20-13(8)19/h2-3,19H,4-5H2,1H3,(H,15,16,17). The number of hydrogen-bond acceptors (Lipinski definition) is 6. The van der Waals surface area contributed by atoms with Gasteiger partial charge < -0.3 is 9.68 Å². The number of halogens is 1. The molecule has 108 valence electrons. The fraction of sp³-hybridized carbons (Fsp3) is 0.250. The number of fused-ring (bicyclic) bond motifs is 1. The number of aromatic nitrogens is 3. The third kappa shape index (κ3) is 2.84. The van der Waals surface area contributed by atoms with E-state index in [9.17, 15) is 9.82 Å². The second-order valence-electron chi connectivity index (χ2n) is 4.56. The molecule has 1 aromatic heterocycles. The van der Waals surface area contributed by atoms with E-state index in [0.29, 0.717) is 33.6 Å². The van der Waals surface area contributed by atoms with Gasteiger partial charge in [0.1, 0.15) is 5.82 Å². The molecule has 1 aliphatic heterocycles. The smallest absolute Gasteiger partial charge is 0.423 e. The Labute approximate surface area is 130 Å². The Kier molecular flexibility index (Phi) is 4.03. The van der Waals surface area contributed by atoms with Crippen molar-refractivity contribution in [3.8, 4) is 0 Å². The molecule has 21 heavy (non-hydrogen) atoms. The summed E-state index contributed by atoms with van der Waals surface area (Å²) in [4.78, 5) is 16.5. The highest BCUT2D eigenvalue weighted by Crippen LogP contribution is 2.22. The fourth-order valence-corrected chi connectivity index (χ4v) is 2.78. The molecule has 2 aromatic rings. The molecule has 0 saturated carbocycles. The van der Waals surface area contributed by atoms with Gasteiger partial charge in [-0.2, -0.15) is 0 Å². The first-order valence-corrected chi connectivity index (χ1v) is 7.79. The first-order chi connectivity index (χ1) is 10.1. The van der Waals surface area contributed by atoms with Crippen molar-refractivity contribution in [2.75, 3.05) is 6.26 Å². The van der Waals surface area contributed by atoms with Gasteiger partial charge in [0, 0.05) is 5.56 Å². The summed E-state index contributed by atoms with van der Waals surface area (Å²) in [6.07, 6.45) is 1.93. The zero-order chi connectivity index (χ0) is 15.0. The molecule has 2 N–H and O–H groups in total. The van der Waals surface area contributed by atoms with Crippen molar-refractivity contribution in [3.63, 3.8) is 0 Å². The first kappa shape index (κ1) is 14.6. The lowest BCUT2D eigenvalue weighted by Crippen LogP contribution is -2.29. The molecule has 0 fully saturated rings. The summed E-state index contributed by atoms with van der Waals surface area (Å²) in [5.41, 5.74) is 1.74. The van der Waals surface area contributed by atoms with E-state index in [1.807, 2.05) is 6.26 Å². The Morgan fingerprint density at radius 2 is 2.43 bits per heavy atom. The number of Topliss-reactive ketones (excluding diaryl/α,β-unsaturated/α-hetero) is 1. The number of ketones is 1. The van der Waals surface area contributed by atoms with Crippen LogP contribution in [0.15, 0.2) is 17.3 Å². The summed E-state index contributed by atoms with van der Waals surface area (Å²) < 4.78 is 5.10.